The maximum Gasteiger partial charge on any atom is 0.417 e. The number of anilines is 1. The maximum absolute atomic E-state index is 15.3. The number of carboxylic acid groups (broad SMARTS) is 1. The number of unbranched alkanes of at least 4 members (excludes halogenated alkanes) is 2. The van der Waals surface area contributed by atoms with E-state index in [1.165, 1.54) is 18.1 Å². The number of ether oxygens (including phenoxy) is 1. The molecule has 7 rings (SSSR count). The number of phenolic OH excluding ortho intramolecular Hbond substituents is 1. The predicted octanol–water partition coefficient (Wildman–Crippen LogP) is 7.51. The molecule has 3 aromatic rings. The number of carbonyl (C=O) groups excluding carboxylic acids is 4. The van der Waals surface area contributed by atoms with E-state index in [0.717, 1.165) is 0 Å². The largest absolute Gasteiger partial charge is 0.503 e. The predicted molar refractivity (Wildman–Crippen MR) is 202 cm³/mol. The third-order valence-corrected chi connectivity index (χ3v) is 12.7. The van der Waals surface area contributed by atoms with E-state index >= 15 is 4.79 Å². The van der Waals surface area contributed by atoms with Crippen LogP contribution in [0, 0.1) is 23.7 Å². The lowest BCUT2D eigenvalue weighted by atomic mass is 9.49. The summed E-state index contributed by atoms with van der Waals surface area (Å²) in [6.45, 7) is 0.0893. The SMILES string of the molecule is COc1cc(C2C3=CCC4C(=O)N(CCCCCC(=O)O)C(=O)C4C3CC3C(=O)N(Nc4ncc(C(F)(F)F)cc4Cl)C(=O)C32c2ccc(Cl)cc2)cc(Br)c1O. The number of aromatic nitrogens is 1. The van der Waals surface area contributed by atoms with Crippen LogP contribution >= 0.6 is 39.1 Å². The first-order valence-corrected chi connectivity index (χ1v) is 19.5. The summed E-state index contributed by atoms with van der Waals surface area (Å²) in [5.74, 6) is -8.61. The third kappa shape index (κ3) is 6.82. The Morgan fingerprint density at radius 3 is 2.40 bits per heavy atom. The Labute approximate surface area is 342 Å². The molecule has 6 atom stereocenters. The summed E-state index contributed by atoms with van der Waals surface area (Å²) in [5.41, 5.74) is 1.02. The molecule has 2 aliphatic carbocycles. The van der Waals surface area contributed by atoms with Gasteiger partial charge in [0, 0.05) is 30.1 Å². The van der Waals surface area contributed by atoms with Crippen molar-refractivity contribution in [2.45, 2.75) is 56.0 Å². The summed E-state index contributed by atoms with van der Waals surface area (Å²) in [6, 6.07) is 10.1. The second-order valence-corrected chi connectivity index (χ2v) is 16.2. The molecule has 6 unspecified atom stereocenters. The zero-order valence-electron chi connectivity index (χ0n) is 30.0. The first kappa shape index (κ1) is 40.5. The Balaban J connectivity index is 1.37. The number of alkyl halides is 3. The van der Waals surface area contributed by atoms with Gasteiger partial charge in [0.15, 0.2) is 17.3 Å². The van der Waals surface area contributed by atoms with E-state index in [1.54, 1.807) is 30.3 Å². The number of pyridine rings is 1. The van der Waals surface area contributed by atoms with Gasteiger partial charge in [0.2, 0.25) is 11.8 Å². The van der Waals surface area contributed by atoms with Crippen LogP contribution in [0.25, 0.3) is 0 Å². The Morgan fingerprint density at radius 1 is 1.04 bits per heavy atom. The normalized spacial score (nSPS) is 25.6. The molecule has 4 amide bonds. The number of likely N-dealkylation sites (tertiary alicyclic amines) is 1. The molecule has 1 aromatic heterocycles. The molecule has 3 fully saturated rings. The molecule has 0 bridgehead atoms. The molecular formula is C39H34BrCl2F3N4O8. The lowest BCUT2D eigenvalue weighted by Crippen LogP contribution is -2.53. The Kier molecular flexibility index (Phi) is 10.8. The second-order valence-electron chi connectivity index (χ2n) is 14.5. The fraction of sp³-hybridized carbons (Fsp3) is 0.385. The van der Waals surface area contributed by atoms with Gasteiger partial charge in [0.1, 0.15) is 0 Å². The number of aromatic hydroxyl groups is 1. The van der Waals surface area contributed by atoms with Crippen molar-refractivity contribution in [1.82, 2.24) is 14.9 Å². The van der Waals surface area contributed by atoms with Crippen molar-refractivity contribution >= 4 is 74.5 Å². The minimum Gasteiger partial charge on any atom is -0.503 e. The molecule has 12 nitrogen and oxygen atoms in total. The van der Waals surface area contributed by atoms with Gasteiger partial charge in [-0.05, 0) is 89.0 Å². The van der Waals surface area contributed by atoms with Crippen LogP contribution in [0.1, 0.15) is 61.1 Å². The Morgan fingerprint density at radius 2 is 1.75 bits per heavy atom. The number of allylic oxidation sites excluding steroid dienone is 2. The number of carboxylic acids is 1. The zero-order valence-corrected chi connectivity index (χ0v) is 33.1. The molecule has 4 aliphatic rings. The summed E-state index contributed by atoms with van der Waals surface area (Å²) >= 11 is 16.0. The molecule has 2 aromatic carbocycles. The highest BCUT2D eigenvalue weighted by Crippen LogP contribution is 2.64. The van der Waals surface area contributed by atoms with Gasteiger partial charge < -0.3 is 14.9 Å². The molecule has 0 spiro atoms. The number of aliphatic carboxylic acids is 1. The van der Waals surface area contributed by atoms with Crippen LogP contribution in [0.4, 0.5) is 19.0 Å². The van der Waals surface area contributed by atoms with Crippen molar-refractivity contribution in [3.8, 4) is 11.5 Å². The van der Waals surface area contributed by atoms with Gasteiger partial charge in [0.25, 0.3) is 11.8 Å². The number of imide groups is 2. The average molecular weight is 895 g/mol. The molecule has 18 heteroatoms. The molecule has 2 aliphatic heterocycles. The number of hydrogen-bond donors (Lipinski definition) is 3. The van der Waals surface area contributed by atoms with Gasteiger partial charge in [0.05, 0.1) is 45.3 Å². The third-order valence-electron chi connectivity index (χ3n) is 11.5. The average Bonchev–Trinajstić information content (AvgIpc) is 3.53. The first-order valence-electron chi connectivity index (χ1n) is 18.0. The number of phenols is 1. The van der Waals surface area contributed by atoms with Gasteiger partial charge >= 0.3 is 12.1 Å². The van der Waals surface area contributed by atoms with Gasteiger partial charge in [-0.25, -0.2) is 4.98 Å². The summed E-state index contributed by atoms with van der Waals surface area (Å²) < 4.78 is 46.2. The van der Waals surface area contributed by atoms with Gasteiger partial charge in [-0.2, -0.15) is 18.2 Å². The van der Waals surface area contributed by atoms with Crippen LogP contribution in [-0.2, 0) is 35.6 Å². The lowest BCUT2D eigenvalue weighted by Gasteiger charge is -2.50. The number of benzene rings is 2. The number of hydrazine groups is 1. The van der Waals surface area contributed by atoms with Crippen molar-refractivity contribution in [3.63, 3.8) is 0 Å². The fourth-order valence-electron chi connectivity index (χ4n) is 9.08. The van der Waals surface area contributed by atoms with Crippen molar-refractivity contribution in [1.29, 1.82) is 0 Å². The molecular weight excluding hydrogens is 860 g/mol. The Bertz CT molecular complexity index is 2220. The summed E-state index contributed by atoms with van der Waals surface area (Å²) in [4.78, 5) is 74.4. The number of rotatable bonds is 11. The van der Waals surface area contributed by atoms with Gasteiger partial charge in [-0.3, -0.25) is 34.3 Å². The molecule has 300 valence electrons. The lowest BCUT2D eigenvalue weighted by molar-refractivity contribution is -0.141. The standard InChI is InChI=1S/C39H34BrCl2F3N4O8/c1-57-28-14-18(13-26(40)32(28)52)31-22-10-11-23-30(36(55)48(34(23)53)12-4-2-3-5-29(50)51)24(22)16-25-35(54)49(37(56)38(25,31)19-6-8-21(41)9-7-19)47-33-27(42)15-20(17-46-33)39(43,44)45/h6-10,13-15,17,23-25,30-31,52H,2-5,11-12,16H2,1H3,(H,46,47)(H,50,51). The van der Waals surface area contributed by atoms with E-state index in [0.29, 0.717) is 58.3 Å². The second kappa shape index (κ2) is 15.3. The molecule has 2 saturated heterocycles. The van der Waals surface area contributed by atoms with Crippen LogP contribution in [-0.4, -0.2) is 68.4 Å². The van der Waals surface area contributed by atoms with E-state index < -0.39 is 81.3 Å². The van der Waals surface area contributed by atoms with E-state index in [-0.39, 0.29) is 47.7 Å². The number of nitrogens with one attached hydrogen (secondary N) is 1. The van der Waals surface area contributed by atoms with Crippen LogP contribution in [0.5, 0.6) is 11.5 Å². The van der Waals surface area contributed by atoms with E-state index in [9.17, 15) is 37.5 Å². The van der Waals surface area contributed by atoms with Crippen molar-refractivity contribution in [3.05, 3.63) is 91.5 Å². The topological polar surface area (TPSA) is 166 Å². The number of carbonyl (C=O) groups is 5. The summed E-state index contributed by atoms with van der Waals surface area (Å²) in [5, 5.41) is 20.4. The number of halogens is 6. The molecule has 57 heavy (non-hydrogen) atoms. The maximum atomic E-state index is 15.3. The van der Waals surface area contributed by atoms with Crippen molar-refractivity contribution in [2.75, 3.05) is 19.1 Å². The van der Waals surface area contributed by atoms with E-state index in [2.05, 4.69) is 26.3 Å². The quantitative estimate of drug-likeness (QED) is 0.0997. The zero-order chi connectivity index (χ0) is 41.1. The van der Waals surface area contributed by atoms with Crippen LogP contribution in [0.15, 0.2) is 64.8 Å². The molecule has 0 radical (unpaired) electrons. The number of nitrogens with zero attached hydrogens (tertiary/aromatic N) is 3. The highest BCUT2D eigenvalue weighted by atomic mass is 79.9. The van der Waals surface area contributed by atoms with Crippen molar-refractivity contribution in [2.24, 2.45) is 23.7 Å². The number of hydrogen-bond acceptors (Lipinski definition) is 9. The van der Waals surface area contributed by atoms with Crippen LogP contribution in [0.2, 0.25) is 10.0 Å². The number of methoxy groups -OCH3 is 1. The number of fused-ring (bicyclic) bond motifs is 4. The van der Waals surface area contributed by atoms with E-state index in [1.807, 2.05) is 6.08 Å². The van der Waals surface area contributed by atoms with Crippen LogP contribution < -0.4 is 10.2 Å². The van der Waals surface area contributed by atoms with Gasteiger partial charge in [-0.15, -0.1) is 0 Å². The van der Waals surface area contributed by atoms with E-state index in [4.69, 9.17) is 33.0 Å². The van der Waals surface area contributed by atoms with Crippen molar-refractivity contribution < 1.29 is 52.1 Å². The Hall–Kier alpha value is -4.67. The van der Waals surface area contributed by atoms with Crippen LogP contribution in [0.3, 0.4) is 0 Å². The monoisotopic (exact) mass is 892 g/mol. The fourth-order valence-corrected chi connectivity index (χ4v) is 9.88. The molecule has 1 saturated carbocycles. The molecule has 3 heterocycles. The highest BCUT2D eigenvalue weighted by molar-refractivity contribution is 9.10. The molecule has 3 N–H and O–H groups in total. The number of amides is 4. The summed E-state index contributed by atoms with van der Waals surface area (Å²) in [6.07, 6.45) is -1.15. The smallest absolute Gasteiger partial charge is 0.417 e. The highest BCUT2D eigenvalue weighted by Gasteiger charge is 2.70. The first-order chi connectivity index (χ1) is 27.0. The summed E-state index contributed by atoms with van der Waals surface area (Å²) in [7, 11) is 1.34. The van der Waals surface area contributed by atoms with Gasteiger partial charge in [-0.1, -0.05) is 53.4 Å². The minimum absolute atomic E-state index is 0.0345. The minimum atomic E-state index is -4.77.